The smallest absolute Gasteiger partial charge is 0.416 e. The number of anilines is 1. The molecular formula is C14H15F3N2O2. The molecular weight excluding hydrogens is 285 g/mol. The van der Waals surface area contributed by atoms with Crippen LogP contribution in [0.15, 0.2) is 12.1 Å². The summed E-state index contributed by atoms with van der Waals surface area (Å²) in [6, 6.07) is 2.13. The minimum Gasteiger partial charge on any atom is -0.476 e. The molecule has 1 fully saturated rings. The quantitative estimate of drug-likeness (QED) is 0.799. The van der Waals surface area contributed by atoms with Crippen LogP contribution in [0.4, 0.5) is 18.9 Å². The summed E-state index contributed by atoms with van der Waals surface area (Å²) in [7, 11) is 1.77. The summed E-state index contributed by atoms with van der Waals surface area (Å²) in [4.78, 5) is 15.0. The van der Waals surface area contributed by atoms with E-state index in [9.17, 15) is 18.0 Å². The predicted molar refractivity (Wildman–Crippen MR) is 70.0 cm³/mol. The van der Waals surface area contributed by atoms with Gasteiger partial charge < -0.3 is 9.64 Å². The Balaban J connectivity index is 2.12. The fraction of sp³-hybridized carbons (Fsp3) is 0.500. The predicted octanol–water partition coefficient (Wildman–Crippen LogP) is 2.61. The van der Waals surface area contributed by atoms with Crippen molar-refractivity contribution in [1.29, 1.82) is 0 Å². The minimum absolute atomic E-state index is 0.154. The molecule has 0 aromatic heterocycles. The van der Waals surface area contributed by atoms with Crippen molar-refractivity contribution >= 4 is 11.6 Å². The van der Waals surface area contributed by atoms with Gasteiger partial charge in [0.2, 0.25) is 5.91 Å². The lowest BCUT2D eigenvalue weighted by Gasteiger charge is -2.30. The van der Waals surface area contributed by atoms with Gasteiger partial charge in [0.15, 0.2) is 0 Å². The molecule has 1 saturated heterocycles. The van der Waals surface area contributed by atoms with Crippen molar-refractivity contribution in [3.8, 4) is 5.75 Å². The van der Waals surface area contributed by atoms with Crippen LogP contribution in [0.2, 0.25) is 0 Å². The number of carbonyl (C=O) groups excluding carboxylic acids is 1. The van der Waals surface area contributed by atoms with E-state index < -0.39 is 11.7 Å². The maximum atomic E-state index is 13.1. The largest absolute Gasteiger partial charge is 0.476 e. The van der Waals surface area contributed by atoms with Crippen molar-refractivity contribution in [2.24, 2.45) is 0 Å². The monoisotopic (exact) mass is 300 g/mol. The van der Waals surface area contributed by atoms with Gasteiger partial charge in [0.05, 0.1) is 11.3 Å². The zero-order chi connectivity index (χ0) is 15.2. The van der Waals surface area contributed by atoms with Gasteiger partial charge in [0.1, 0.15) is 12.5 Å². The molecule has 0 atom stereocenters. The van der Waals surface area contributed by atoms with E-state index in [1.54, 1.807) is 11.9 Å². The molecule has 0 N–H and O–H groups in total. The van der Waals surface area contributed by atoms with Crippen LogP contribution in [0.1, 0.15) is 24.0 Å². The Labute approximate surface area is 120 Å². The standard InChI is InChI=1S/C14H15F3N2O2/c1-18-7-9-5-10(14(15,16)17)6-11(13(9)21-8-18)19-4-2-3-12(19)20/h5-6H,2-4,7-8H2,1H3. The molecule has 0 unspecified atom stereocenters. The number of nitrogens with zero attached hydrogens (tertiary/aromatic N) is 2. The van der Waals surface area contributed by atoms with Crippen LogP contribution in [0.5, 0.6) is 5.75 Å². The highest BCUT2D eigenvalue weighted by Gasteiger charge is 2.36. The molecule has 1 amide bonds. The highest BCUT2D eigenvalue weighted by Crippen LogP contribution is 2.42. The van der Waals surface area contributed by atoms with Crippen molar-refractivity contribution in [3.63, 3.8) is 0 Å². The number of rotatable bonds is 1. The Bertz CT molecular complexity index is 586. The number of hydrogen-bond acceptors (Lipinski definition) is 3. The van der Waals surface area contributed by atoms with Crippen LogP contribution in [0, 0.1) is 0 Å². The van der Waals surface area contributed by atoms with Crippen molar-refractivity contribution in [3.05, 3.63) is 23.3 Å². The minimum atomic E-state index is -4.44. The summed E-state index contributed by atoms with van der Waals surface area (Å²) >= 11 is 0. The van der Waals surface area contributed by atoms with Crippen LogP contribution < -0.4 is 9.64 Å². The highest BCUT2D eigenvalue weighted by molar-refractivity contribution is 5.97. The molecule has 2 heterocycles. The number of hydrogen-bond donors (Lipinski definition) is 0. The molecule has 0 saturated carbocycles. The van der Waals surface area contributed by atoms with Gasteiger partial charge in [-0.2, -0.15) is 13.2 Å². The Morgan fingerprint density at radius 3 is 2.67 bits per heavy atom. The van der Waals surface area contributed by atoms with E-state index in [4.69, 9.17) is 4.74 Å². The first kappa shape index (κ1) is 14.2. The van der Waals surface area contributed by atoms with E-state index in [1.807, 2.05) is 0 Å². The number of ether oxygens (including phenoxy) is 1. The molecule has 114 valence electrons. The summed E-state index contributed by atoms with van der Waals surface area (Å²) in [6.45, 7) is 1.10. The Morgan fingerprint density at radius 2 is 2.05 bits per heavy atom. The van der Waals surface area contributed by atoms with Crippen LogP contribution in [0.25, 0.3) is 0 Å². The van der Waals surface area contributed by atoms with Gasteiger partial charge in [-0.3, -0.25) is 9.69 Å². The maximum absolute atomic E-state index is 13.1. The van der Waals surface area contributed by atoms with Crippen molar-refractivity contribution in [1.82, 2.24) is 4.90 Å². The normalized spacial score (nSPS) is 19.6. The Hall–Kier alpha value is -1.76. The van der Waals surface area contributed by atoms with Gasteiger partial charge in [0, 0.05) is 25.1 Å². The van der Waals surface area contributed by atoms with E-state index in [1.165, 1.54) is 4.90 Å². The summed E-state index contributed by atoms with van der Waals surface area (Å²) in [5, 5.41) is 0. The van der Waals surface area contributed by atoms with Gasteiger partial charge in [0.25, 0.3) is 0 Å². The fourth-order valence-electron chi connectivity index (χ4n) is 2.73. The SMILES string of the molecule is CN1COc2c(cc(C(F)(F)F)cc2N2CCCC2=O)C1. The maximum Gasteiger partial charge on any atom is 0.416 e. The van der Waals surface area contributed by atoms with Gasteiger partial charge in [-0.15, -0.1) is 0 Å². The molecule has 3 rings (SSSR count). The van der Waals surface area contributed by atoms with Gasteiger partial charge in [-0.1, -0.05) is 0 Å². The third-order valence-electron chi connectivity index (χ3n) is 3.71. The number of fused-ring (bicyclic) bond motifs is 1. The molecule has 0 spiro atoms. The number of amides is 1. The summed E-state index contributed by atoms with van der Waals surface area (Å²) in [5.41, 5.74) is -0.0291. The molecule has 1 aromatic rings. The van der Waals surface area contributed by atoms with Crippen molar-refractivity contribution in [2.45, 2.75) is 25.6 Å². The van der Waals surface area contributed by atoms with E-state index in [2.05, 4.69) is 0 Å². The first-order chi connectivity index (χ1) is 9.86. The molecule has 2 aliphatic rings. The molecule has 0 radical (unpaired) electrons. The Morgan fingerprint density at radius 1 is 1.29 bits per heavy atom. The molecule has 7 heteroatoms. The molecule has 1 aromatic carbocycles. The van der Waals surface area contributed by atoms with Crippen LogP contribution in [-0.4, -0.2) is 31.1 Å². The van der Waals surface area contributed by atoms with Gasteiger partial charge in [-0.05, 0) is 25.6 Å². The molecule has 4 nitrogen and oxygen atoms in total. The average molecular weight is 300 g/mol. The first-order valence-electron chi connectivity index (χ1n) is 6.72. The second-order valence-electron chi connectivity index (χ2n) is 5.42. The third-order valence-corrected chi connectivity index (χ3v) is 3.71. The topological polar surface area (TPSA) is 32.8 Å². The Kier molecular flexibility index (Phi) is 3.32. The zero-order valence-electron chi connectivity index (χ0n) is 11.5. The number of alkyl halides is 3. The number of halogens is 3. The van der Waals surface area contributed by atoms with Gasteiger partial charge in [-0.25, -0.2) is 0 Å². The third kappa shape index (κ3) is 2.57. The van der Waals surface area contributed by atoms with Crippen LogP contribution in [-0.2, 0) is 17.5 Å². The molecule has 0 aliphatic carbocycles. The second kappa shape index (κ2) is 4.91. The molecule has 21 heavy (non-hydrogen) atoms. The number of benzene rings is 1. The van der Waals surface area contributed by atoms with Crippen molar-refractivity contribution in [2.75, 3.05) is 25.2 Å². The summed E-state index contributed by atoms with van der Waals surface area (Å²) in [6.07, 6.45) is -3.42. The van der Waals surface area contributed by atoms with E-state index >= 15 is 0 Å². The van der Waals surface area contributed by atoms with Crippen molar-refractivity contribution < 1.29 is 22.7 Å². The lowest BCUT2D eigenvalue weighted by atomic mass is 10.0. The fourth-order valence-corrected chi connectivity index (χ4v) is 2.73. The van der Waals surface area contributed by atoms with Crippen LogP contribution >= 0.6 is 0 Å². The zero-order valence-corrected chi connectivity index (χ0v) is 11.5. The lowest BCUT2D eigenvalue weighted by Crippen LogP contribution is -2.31. The van der Waals surface area contributed by atoms with E-state index in [0.717, 1.165) is 12.1 Å². The lowest BCUT2D eigenvalue weighted by molar-refractivity contribution is -0.137. The first-order valence-corrected chi connectivity index (χ1v) is 6.72. The molecule has 2 aliphatic heterocycles. The van der Waals surface area contributed by atoms with Crippen LogP contribution in [0.3, 0.4) is 0 Å². The van der Waals surface area contributed by atoms with Gasteiger partial charge >= 0.3 is 6.18 Å². The van der Waals surface area contributed by atoms with E-state index in [-0.39, 0.29) is 11.6 Å². The summed E-state index contributed by atoms with van der Waals surface area (Å²) in [5.74, 6) is 0.246. The second-order valence-corrected chi connectivity index (χ2v) is 5.42. The number of carbonyl (C=O) groups is 1. The van der Waals surface area contributed by atoms with E-state index in [0.29, 0.717) is 44.0 Å². The average Bonchev–Trinajstić information content (AvgIpc) is 2.82. The highest BCUT2D eigenvalue weighted by atomic mass is 19.4. The summed E-state index contributed by atoms with van der Waals surface area (Å²) < 4.78 is 44.7. The molecule has 0 bridgehead atoms.